The van der Waals surface area contributed by atoms with E-state index in [9.17, 15) is 19.5 Å². The van der Waals surface area contributed by atoms with Crippen LogP contribution in [0.25, 0.3) is 0 Å². The molecule has 10 heteroatoms. The number of nitrogens with one attached hydrogen (secondary N) is 2. The van der Waals surface area contributed by atoms with Crippen molar-refractivity contribution >= 4 is 30.1 Å². The van der Waals surface area contributed by atoms with Crippen molar-refractivity contribution in [3.8, 4) is 5.75 Å². The normalized spacial score (nSPS) is 19.4. The zero-order valence-electron chi connectivity index (χ0n) is 23.2. The van der Waals surface area contributed by atoms with Crippen LogP contribution in [0.2, 0.25) is 0 Å². The number of fused-ring (bicyclic) bond motifs is 2. The van der Waals surface area contributed by atoms with Crippen molar-refractivity contribution in [3.05, 3.63) is 64.2 Å². The van der Waals surface area contributed by atoms with Gasteiger partial charge in [-0.25, -0.2) is 0 Å². The quantitative estimate of drug-likeness (QED) is 0.450. The van der Waals surface area contributed by atoms with Gasteiger partial charge < -0.3 is 30.3 Å². The first kappa shape index (κ1) is 29.8. The van der Waals surface area contributed by atoms with Gasteiger partial charge in [0.2, 0.25) is 5.91 Å². The molecule has 3 aliphatic heterocycles. The van der Waals surface area contributed by atoms with E-state index in [0.717, 1.165) is 31.5 Å². The molecule has 0 bridgehead atoms. The van der Waals surface area contributed by atoms with Gasteiger partial charge in [-0.2, -0.15) is 0 Å². The molecule has 3 amide bonds. The van der Waals surface area contributed by atoms with Crippen LogP contribution < -0.4 is 15.4 Å². The Labute approximate surface area is 241 Å². The second kappa shape index (κ2) is 13.0. The van der Waals surface area contributed by atoms with Gasteiger partial charge in [-0.05, 0) is 60.9 Å². The molecule has 0 unspecified atom stereocenters. The molecule has 40 heavy (non-hydrogen) atoms. The van der Waals surface area contributed by atoms with E-state index in [1.165, 1.54) is 11.1 Å². The lowest BCUT2D eigenvalue weighted by Crippen LogP contribution is -2.49. The number of ether oxygens (including phenoxy) is 1. The molecule has 0 aromatic heterocycles. The second-order valence-electron chi connectivity index (χ2n) is 10.8. The van der Waals surface area contributed by atoms with Crippen LogP contribution in [0.15, 0.2) is 36.4 Å². The minimum absolute atomic E-state index is 0. The maximum absolute atomic E-state index is 13.2. The molecule has 0 spiro atoms. The van der Waals surface area contributed by atoms with Crippen molar-refractivity contribution in [3.63, 3.8) is 0 Å². The van der Waals surface area contributed by atoms with Gasteiger partial charge in [0, 0.05) is 57.8 Å². The van der Waals surface area contributed by atoms with Gasteiger partial charge in [-0.1, -0.05) is 24.3 Å². The molecule has 0 saturated carbocycles. The number of piperidine rings is 1. The molecule has 1 saturated heterocycles. The third-order valence-electron chi connectivity index (χ3n) is 8.22. The molecular weight excluding hydrogens is 532 g/mol. The Morgan fingerprint density at radius 3 is 2.58 bits per heavy atom. The average Bonchev–Trinajstić information content (AvgIpc) is 3.25. The van der Waals surface area contributed by atoms with E-state index in [-0.39, 0.29) is 42.7 Å². The van der Waals surface area contributed by atoms with Crippen LogP contribution in [0.3, 0.4) is 0 Å². The third-order valence-corrected chi connectivity index (χ3v) is 8.22. The molecule has 2 aromatic carbocycles. The smallest absolute Gasteiger partial charge is 0.255 e. The van der Waals surface area contributed by atoms with E-state index in [1.54, 1.807) is 19.1 Å². The predicted octanol–water partition coefficient (Wildman–Crippen LogP) is 2.53. The number of hydrogen-bond acceptors (Lipinski definition) is 6. The predicted molar refractivity (Wildman–Crippen MR) is 154 cm³/mol. The van der Waals surface area contributed by atoms with Crippen LogP contribution in [-0.2, 0) is 24.3 Å². The Balaban J connectivity index is 0.00000370. The van der Waals surface area contributed by atoms with Gasteiger partial charge in [-0.15, -0.1) is 12.4 Å². The van der Waals surface area contributed by atoms with Gasteiger partial charge in [0.05, 0.1) is 18.3 Å². The van der Waals surface area contributed by atoms with E-state index in [2.05, 4.69) is 22.8 Å². The van der Waals surface area contributed by atoms with Crippen LogP contribution in [-0.4, -0.2) is 77.6 Å². The van der Waals surface area contributed by atoms with Crippen molar-refractivity contribution < 1.29 is 24.2 Å². The molecule has 3 aliphatic rings. The number of hydrogen-bond donors (Lipinski definition) is 3. The maximum Gasteiger partial charge on any atom is 0.255 e. The topological polar surface area (TPSA) is 111 Å². The van der Waals surface area contributed by atoms with Crippen LogP contribution in [0, 0.1) is 5.92 Å². The number of likely N-dealkylation sites (tertiary alicyclic amines) is 1. The van der Waals surface area contributed by atoms with E-state index < -0.39 is 6.10 Å². The average molecular weight is 571 g/mol. The van der Waals surface area contributed by atoms with E-state index in [4.69, 9.17) is 4.74 Å². The Morgan fingerprint density at radius 1 is 1.15 bits per heavy atom. The second-order valence-corrected chi connectivity index (χ2v) is 10.8. The van der Waals surface area contributed by atoms with Gasteiger partial charge in [0.15, 0.2) is 0 Å². The Hall–Kier alpha value is -3.14. The molecule has 0 radical (unpaired) electrons. The summed E-state index contributed by atoms with van der Waals surface area (Å²) < 4.78 is 5.77. The van der Waals surface area contributed by atoms with Gasteiger partial charge in [0.1, 0.15) is 5.75 Å². The first-order valence-electron chi connectivity index (χ1n) is 13.9. The fourth-order valence-electron chi connectivity index (χ4n) is 5.93. The van der Waals surface area contributed by atoms with Gasteiger partial charge in [-0.3, -0.25) is 14.4 Å². The van der Waals surface area contributed by atoms with Crippen LogP contribution in [0.1, 0.15) is 64.1 Å². The molecule has 1 fully saturated rings. The zero-order valence-corrected chi connectivity index (χ0v) is 24.0. The summed E-state index contributed by atoms with van der Waals surface area (Å²) in [5.74, 6) is 0.429. The summed E-state index contributed by atoms with van der Waals surface area (Å²) in [6.45, 7) is 7.11. The van der Waals surface area contributed by atoms with Crippen molar-refractivity contribution in [2.24, 2.45) is 5.92 Å². The van der Waals surface area contributed by atoms with E-state index in [1.807, 2.05) is 28.9 Å². The Morgan fingerprint density at radius 2 is 1.88 bits per heavy atom. The molecular formula is C30H39ClN4O5. The molecule has 216 valence electrons. The summed E-state index contributed by atoms with van der Waals surface area (Å²) in [6.07, 6.45) is 1.70. The molecule has 9 nitrogen and oxygen atoms in total. The summed E-state index contributed by atoms with van der Waals surface area (Å²) >= 11 is 0. The molecule has 2 aromatic rings. The molecule has 5 rings (SSSR count). The minimum Gasteiger partial charge on any atom is -0.493 e. The molecule has 0 aliphatic carbocycles. The largest absolute Gasteiger partial charge is 0.493 e. The number of nitrogens with zero attached hydrogens (tertiary/aromatic N) is 2. The van der Waals surface area contributed by atoms with Crippen molar-refractivity contribution in [2.45, 2.75) is 58.3 Å². The maximum atomic E-state index is 13.2. The number of halogens is 1. The zero-order chi connectivity index (χ0) is 27.5. The lowest BCUT2D eigenvalue weighted by Gasteiger charge is -2.33. The number of amides is 3. The summed E-state index contributed by atoms with van der Waals surface area (Å²) in [4.78, 5) is 41.8. The standard InChI is InChI=1S/C30H38N4O5.ClH/c1-3-39-28-14-24-23(18-34(30(24)38)17-20-8-10-33(11-9-20)19(2)35)12-25(28)29(37)32-16-27(36)26-13-21-6-4-5-7-22(21)15-31-26;/h4-7,12,14,20,26-27,31,36H,3,8-11,13,15-18H2,1-2H3,(H,32,37);1H/t26-,27+;/m0./s1. The summed E-state index contributed by atoms with van der Waals surface area (Å²) in [6, 6.07) is 11.5. The minimum atomic E-state index is -0.751. The number of carbonyl (C=O) groups is 3. The fraction of sp³-hybridized carbons (Fsp3) is 0.500. The molecule has 3 N–H and O–H groups in total. The summed E-state index contributed by atoms with van der Waals surface area (Å²) in [7, 11) is 0. The third kappa shape index (κ3) is 6.43. The SMILES string of the molecule is CCOc1cc2c(cc1C(=O)NC[C@@H](O)[C@@H]1Cc3ccccc3CN1)CN(CC1CCN(C(C)=O)CC1)C2=O.Cl. The molecule has 3 heterocycles. The number of aliphatic hydroxyl groups is 1. The van der Waals surface area contributed by atoms with E-state index >= 15 is 0 Å². The van der Waals surface area contributed by atoms with Gasteiger partial charge >= 0.3 is 0 Å². The monoisotopic (exact) mass is 570 g/mol. The number of rotatable bonds is 8. The first-order valence-corrected chi connectivity index (χ1v) is 13.9. The Bertz CT molecular complexity index is 1250. The lowest BCUT2D eigenvalue weighted by molar-refractivity contribution is -0.130. The van der Waals surface area contributed by atoms with Crippen molar-refractivity contribution in [1.29, 1.82) is 0 Å². The van der Waals surface area contributed by atoms with Crippen molar-refractivity contribution in [2.75, 3.05) is 32.8 Å². The first-order chi connectivity index (χ1) is 18.8. The highest BCUT2D eigenvalue weighted by molar-refractivity contribution is 6.03. The van der Waals surface area contributed by atoms with Crippen LogP contribution >= 0.6 is 12.4 Å². The number of benzene rings is 2. The highest BCUT2D eigenvalue weighted by Crippen LogP contribution is 2.32. The van der Waals surface area contributed by atoms with E-state index in [0.29, 0.717) is 55.5 Å². The Kier molecular flexibility index (Phi) is 9.71. The number of carbonyl (C=O) groups excluding carboxylic acids is 3. The molecule has 2 atom stereocenters. The fourth-order valence-corrected chi connectivity index (χ4v) is 5.93. The van der Waals surface area contributed by atoms with Crippen LogP contribution in [0.5, 0.6) is 5.75 Å². The lowest BCUT2D eigenvalue weighted by atomic mass is 9.93. The summed E-state index contributed by atoms with van der Waals surface area (Å²) in [5, 5.41) is 17.1. The van der Waals surface area contributed by atoms with Crippen LogP contribution in [0.4, 0.5) is 0 Å². The highest BCUT2D eigenvalue weighted by atomic mass is 35.5. The van der Waals surface area contributed by atoms with Crippen molar-refractivity contribution in [1.82, 2.24) is 20.4 Å². The highest BCUT2D eigenvalue weighted by Gasteiger charge is 2.33. The number of aliphatic hydroxyl groups excluding tert-OH is 1. The summed E-state index contributed by atoms with van der Waals surface area (Å²) in [5.41, 5.74) is 4.19. The van der Waals surface area contributed by atoms with Gasteiger partial charge in [0.25, 0.3) is 11.8 Å².